The Labute approximate surface area is 132 Å². The van der Waals surface area contributed by atoms with Gasteiger partial charge in [0.1, 0.15) is 5.54 Å². The third-order valence-electron chi connectivity index (χ3n) is 4.14. The lowest BCUT2D eigenvalue weighted by Gasteiger charge is -2.30. The van der Waals surface area contributed by atoms with Crippen molar-refractivity contribution in [3.05, 3.63) is 63.6 Å². The van der Waals surface area contributed by atoms with E-state index in [2.05, 4.69) is 39.4 Å². The number of halogens is 1. The number of para-hydroxylation sites is 1. The molecule has 3 nitrogen and oxygen atoms in total. The van der Waals surface area contributed by atoms with Crippen molar-refractivity contribution in [2.24, 2.45) is 5.73 Å². The molecule has 3 N–H and O–H groups in total. The Balaban J connectivity index is 2.10. The van der Waals surface area contributed by atoms with Crippen molar-refractivity contribution in [3.8, 4) is 0 Å². The minimum Gasteiger partial charge on any atom is -0.367 e. The van der Waals surface area contributed by atoms with Crippen molar-refractivity contribution in [1.82, 2.24) is 0 Å². The third kappa shape index (κ3) is 2.33. The van der Waals surface area contributed by atoms with Crippen molar-refractivity contribution < 1.29 is 4.79 Å². The second kappa shape index (κ2) is 5.19. The van der Waals surface area contributed by atoms with Gasteiger partial charge in [-0.05, 0) is 59.0 Å². The van der Waals surface area contributed by atoms with E-state index in [0.29, 0.717) is 6.42 Å². The molecular formula is C17H17BrN2O. The Kier molecular flexibility index (Phi) is 3.49. The van der Waals surface area contributed by atoms with E-state index in [0.717, 1.165) is 27.7 Å². The molecule has 0 heterocycles. The Morgan fingerprint density at radius 3 is 2.76 bits per heavy atom. The number of rotatable bonds is 3. The second-order valence-electron chi connectivity index (χ2n) is 5.54. The highest BCUT2D eigenvalue weighted by atomic mass is 79.9. The predicted molar refractivity (Wildman–Crippen MR) is 88.1 cm³/mol. The molecule has 0 bridgehead atoms. The molecule has 0 spiro atoms. The number of carbonyl (C=O) groups is 1. The molecule has 1 aliphatic carbocycles. The van der Waals surface area contributed by atoms with Crippen LogP contribution < -0.4 is 11.1 Å². The van der Waals surface area contributed by atoms with E-state index in [1.165, 1.54) is 5.56 Å². The number of carbonyl (C=O) groups excluding carboxylic acids is 1. The number of amides is 1. The molecule has 0 aliphatic heterocycles. The Bertz CT molecular complexity index is 714. The van der Waals surface area contributed by atoms with Crippen LogP contribution in [0.15, 0.2) is 46.9 Å². The van der Waals surface area contributed by atoms with E-state index in [1.54, 1.807) is 0 Å². The largest absolute Gasteiger partial charge is 0.367 e. The zero-order valence-electron chi connectivity index (χ0n) is 11.8. The maximum absolute atomic E-state index is 12.3. The van der Waals surface area contributed by atoms with Crippen molar-refractivity contribution in [1.29, 1.82) is 0 Å². The normalized spacial score (nSPS) is 20.1. The summed E-state index contributed by atoms with van der Waals surface area (Å²) in [5, 5.41) is 3.38. The first-order valence-electron chi connectivity index (χ1n) is 6.95. The summed E-state index contributed by atoms with van der Waals surface area (Å²) in [6.45, 7) is 2.03. The van der Waals surface area contributed by atoms with Crippen LogP contribution in [0.1, 0.15) is 23.1 Å². The number of benzene rings is 2. The monoisotopic (exact) mass is 344 g/mol. The third-order valence-corrected chi connectivity index (χ3v) is 4.83. The van der Waals surface area contributed by atoms with Crippen LogP contribution in [0.4, 0.5) is 5.69 Å². The molecular weight excluding hydrogens is 328 g/mol. The molecule has 2 aromatic carbocycles. The molecule has 0 aromatic heterocycles. The van der Waals surface area contributed by atoms with Gasteiger partial charge in [0.15, 0.2) is 0 Å². The van der Waals surface area contributed by atoms with Crippen molar-refractivity contribution in [3.63, 3.8) is 0 Å². The summed E-state index contributed by atoms with van der Waals surface area (Å²) in [5.74, 6) is -0.331. The topological polar surface area (TPSA) is 55.1 Å². The van der Waals surface area contributed by atoms with Gasteiger partial charge >= 0.3 is 0 Å². The second-order valence-corrected chi connectivity index (χ2v) is 6.39. The van der Waals surface area contributed by atoms with Gasteiger partial charge in [-0.2, -0.15) is 0 Å². The quantitative estimate of drug-likeness (QED) is 0.895. The fourth-order valence-electron chi connectivity index (χ4n) is 3.00. The van der Waals surface area contributed by atoms with E-state index < -0.39 is 5.54 Å². The summed E-state index contributed by atoms with van der Waals surface area (Å²) in [7, 11) is 0. The number of nitrogens with two attached hydrogens (primary N) is 1. The highest BCUT2D eigenvalue weighted by molar-refractivity contribution is 9.10. The van der Waals surface area contributed by atoms with Crippen molar-refractivity contribution >= 4 is 27.5 Å². The van der Waals surface area contributed by atoms with E-state index in [-0.39, 0.29) is 5.91 Å². The molecule has 0 saturated carbocycles. The van der Waals surface area contributed by atoms with Gasteiger partial charge in [-0.3, -0.25) is 4.79 Å². The van der Waals surface area contributed by atoms with Crippen LogP contribution in [0.25, 0.3) is 0 Å². The Hall–Kier alpha value is -1.81. The van der Waals surface area contributed by atoms with Gasteiger partial charge in [-0.25, -0.2) is 0 Å². The fraction of sp³-hybridized carbons (Fsp3) is 0.235. The molecule has 2 aromatic rings. The highest BCUT2D eigenvalue weighted by Gasteiger charge is 2.44. The minimum atomic E-state index is -0.828. The molecule has 0 saturated heterocycles. The average Bonchev–Trinajstić information content (AvgIpc) is 2.81. The summed E-state index contributed by atoms with van der Waals surface area (Å²) in [4.78, 5) is 12.3. The smallest absolute Gasteiger partial charge is 0.247 e. The molecule has 108 valence electrons. The Morgan fingerprint density at radius 2 is 2.05 bits per heavy atom. The van der Waals surface area contributed by atoms with Gasteiger partial charge in [-0.15, -0.1) is 0 Å². The molecule has 1 aliphatic rings. The van der Waals surface area contributed by atoms with Crippen LogP contribution in [0, 0.1) is 6.92 Å². The number of fused-ring (bicyclic) bond motifs is 1. The fourth-order valence-corrected chi connectivity index (χ4v) is 3.39. The number of hydrogen-bond acceptors (Lipinski definition) is 2. The summed E-state index contributed by atoms with van der Waals surface area (Å²) in [6, 6.07) is 14.0. The summed E-state index contributed by atoms with van der Waals surface area (Å²) < 4.78 is 0.923. The first-order valence-corrected chi connectivity index (χ1v) is 7.75. The number of nitrogens with one attached hydrogen (secondary N) is 1. The summed E-state index contributed by atoms with van der Waals surface area (Å²) in [5.41, 5.74) is 9.16. The van der Waals surface area contributed by atoms with E-state index >= 15 is 0 Å². The lowest BCUT2D eigenvalue weighted by atomic mass is 9.89. The van der Waals surface area contributed by atoms with Gasteiger partial charge in [-0.1, -0.05) is 35.9 Å². The minimum absolute atomic E-state index is 0.331. The summed E-state index contributed by atoms with van der Waals surface area (Å²) in [6.07, 6.45) is 1.54. The molecule has 1 atom stereocenters. The molecule has 1 amide bonds. The highest BCUT2D eigenvalue weighted by Crippen LogP contribution is 2.41. The first kappa shape index (κ1) is 14.1. The van der Waals surface area contributed by atoms with Crippen LogP contribution in [-0.2, 0) is 16.8 Å². The van der Waals surface area contributed by atoms with Crippen LogP contribution in [0.5, 0.6) is 0 Å². The molecule has 1 unspecified atom stereocenters. The van der Waals surface area contributed by atoms with E-state index in [4.69, 9.17) is 5.73 Å². The first-order chi connectivity index (χ1) is 10.0. The number of primary amides is 1. The lowest BCUT2D eigenvalue weighted by molar-refractivity contribution is -0.122. The maximum atomic E-state index is 12.3. The predicted octanol–water partition coefficient (Wildman–Crippen LogP) is 3.50. The maximum Gasteiger partial charge on any atom is 0.247 e. The van der Waals surface area contributed by atoms with Crippen LogP contribution in [0.2, 0.25) is 0 Å². The molecule has 3 rings (SSSR count). The van der Waals surface area contributed by atoms with Gasteiger partial charge in [0.2, 0.25) is 5.91 Å². The number of aryl methyl sites for hydroxylation is 2. The number of hydrogen-bond donors (Lipinski definition) is 2. The standard InChI is InChI=1S/C17H17BrN2O/c1-11-6-7-12-8-9-17(16(19)21,13(12)10-11)20-15-5-3-2-4-14(15)18/h2-7,10,20H,8-9H2,1H3,(H2,19,21). The van der Waals surface area contributed by atoms with Gasteiger partial charge in [0.05, 0.1) is 0 Å². The van der Waals surface area contributed by atoms with Gasteiger partial charge in [0.25, 0.3) is 0 Å². The lowest BCUT2D eigenvalue weighted by Crippen LogP contribution is -2.46. The van der Waals surface area contributed by atoms with Crippen molar-refractivity contribution in [2.75, 3.05) is 5.32 Å². The number of anilines is 1. The van der Waals surface area contributed by atoms with Crippen LogP contribution >= 0.6 is 15.9 Å². The summed E-state index contributed by atoms with van der Waals surface area (Å²) >= 11 is 3.52. The SMILES string of the molecule is Cc1ccc2c(c1)C(Nc1ccccc1Br)(C(N)=O)CC2. The van der Waals surface area contributed by atoms with Gasteiger partial charge < -0.3 is 11.1 Å². The average molecular weight is 345 g/mol. The van der Waals surface area contributed by atoms with Gasteiger partial charge in [0, 0.05) is 10.2 Å². The van der Waals surface area contributed by atoms with E-state index in [9.17, 15) is 4.79 Å². The zero-order valence-corrected chi connectivity index (χ0v) is 13.4. The van der Waals surface area contributed by atoms with Crippen LogP contribution in [-0.4, -0.2) is 5.91 Å². The molecule has 21 heavy (non-hydrogen) atoms. The molecule has 4 heteroatoms. The zero-order chi connectivity index (χ0) is 15.0. The molecule has 0 fully saturated rings. The van der Waals surface area contributed by atoms with Crippen molar-refractivity contribution in [2.45, 2.75) is 25.3 Å². The van der Waals surface area contributed by atoms with E-state index in [1.807, 2.05) is 31.2 Å². The molecule has 0 radical (unpaired) electrons. The van der Waals surface area contributed by atoms with Crippen LogP contribution in [0.3, 0.4) is 0 Å². The Morgan fingerprint density at radius 1 is 1.29 bits per heavy atom.